The standard InChI is InChI=1S/C15H22O2/c1-10-6-7-11(2)15(8-10)17-14(5)12(3)9-13(4)16/h6-8,12,14H,9H2,1-5H3. The fraction of sp³-hybridized carbons (Fsp3) is 0.533. The molecule has 0 saturated carbocycles. The molecule has 2 nitrogen and oxygen atoms in total. The zero-order valence-corrected chi connectivity index (χ0v) is 11.4. The van der Waals surface area contributed by atoms with Crippen LogP contribution < -0.4 is 4.74 Å². The third-order valence-electron chi connectivity index (χ3n) is 3.07. The van der Waals surface area contributed by atoms with Gasteiger partial charge in [-0.1, -0.05) is 19.1 Å². The summed E-state index contributed by atoms with van der Waals surface area (Å²) in [5.41, 5.74) is 2.33. The lowest BCUT2D eigenvalue weighted by atomic mass is 10.00. The van der Waals surface area contributed by atoms with Gasteiger partial charge < -0.3 is 9.53 Å². The Morgan fingerprint density at radius 1 is 1.29 bits per heavy atom. The summed E-state index contributed by atoms with van der Waals surface area (Å²) in [4.78, 5) is 11.1. The van der Waals surface area contributed by atoms with E-state index in [0.29, 0.717) is 6.42 Å². The average molecular weight is 234 g/mol. The first-order valence-electron chi connectivity index (χ1n) is 6.13. The zero-order valence-electron chi connectivity index (χ0n) is 11.4. The summed E-state index contributed by atoms with van der Waals surface area (Å²) in [6, 6.07) is 6.19. The number of ketones is 1. The minimum absolute atomic E-state index is 0.0550. The molecular weight excluding hydrogens is 212 g/mol. The highest BCUT2D eigenvalue weighted by molar-refractivity contribution is 5.75. The fourth-order valence-corrected chi connectivity index (χ4v) is 1.77. The van der Waals surface area contributed by atoms with Gasteiger partial charge in [0.2, 0.25) is 0 Å². The van der Waals surface area contributed by atoms with Crippen LogP contribution in [0.5, 0.6) is 5.75 Å². The minimum Gasteiger partial charge on any atom is -0.490 e. The molecule has 0 spiro atoms. The van der Waals surface area contributed by atoms with E-state index in [1.165, 1.54) is 5.56 Å². The maximum absolute atomic E-state index is 11.1. The summed E-state index contributed by atoms with van der Waals surface area (Å²) in [6.07, 6.45) is 0.630. The van der Waals surface area contributed by atoms with Crippen LogP contribution in [0, 0.1) is 19.8 Å². The lowest BCUT2D eigenvalue weighted by Gasteiger charge is -2.22. The molecule has 2 atom stereocenters. The number of carbonyl (C=O) groups excluding carboxylic acids is 1. The maximum Gasteiger partial charge on any atom is 0.130 e. The summed E-state index contributed by atoms with van der Waals surface area (Å²) in [5, 5.41) is 0. The Labute approximate surface area is 104 Å². The molecule has 1 aromatic rings. The first kappa shape index (κ1) is 13.8. The van der Waals surface area contributed by atoms with Crippen LogP contribution in [0.25, 0.3) is 0 Å². The Morgan fingerprint density at radius 2 is 1.94 bits per heavy atom. The van der Waals surface area contributed by atoms with Crippen molar-refractivity contribution in [2.45, 2.75) is 47.1 Å². The van der Waals surface area contributed by atoms with Crippen LogP contribution in [0.3, 0.4) is 0 Å². The Balaban J connectivity index is 2.70. The number of hydrogen-bond acceptors (Lipinski definition) is 2. The molecule has 1 rings (SSSR count). The molecule has 0 saturated heterocycles. The molecular formula is C15H22O2. The van der Waals surface area contributed by atoms with Crippen molar-refractivity contribution in [2.24, 2.45) is 5.92 Å². The largest absolute Gasteiger partial charge is 0.490 e. The molecule has 1 aromatic carbocycles. The molecule has 0 amide bonds. The van der Waals surface area contributed by atoms with Crippen molar-refractivity contribution in [1.29, 1.82) is 0 Å². The topological polar surface area (TPSA) is 26.3 Å². The van der Waals surface area contributed by atoms with Gasteiger partial charge in [0.05, 0.1) is 6.10 Å². The van der Waals surface area contributed by atoms with Gasteiger partial charge in [-0.3, -0.25) is 0 Å². The quantitative estimate of drug-likeness (QED) is 0.776. The van der Waals surface area contributed by atoms with Crippen molar-refractivity contribution in [2.75, 3.05) is 0 Å². The third-order valence-corrected chi connectivity index (χ3v) is 3.07. The monoisotopic (exact) mass is 234 g/mol. The molecule has 0 radical (unpaired) electrons. The van der Waals surface area contributed by atoms with Gasteiger partial charge in [0.15, 0.2) is 0 Å². The van der Waals surface area contributed by atoms with E-state index in [1.807, 2.05) is 19.9 Å². The number of aryl methyl sites for hydroxylation is 2. The summed E-state index contributed by atoms with van der Waals surface area (Å²) in [6.45, 7) is 9.79. The molecule has 2 unspecified atom stereocenters. The second-order valence-electron chi connectivity index (χ2n) is 4.98. The normalized spacial score (nSPS) is 14.2. The molecule has 0 N–H and O–H groups in total. The van der Waals surface area contributed by atoms with E-state index in [2.05, 4.69) is 26.0 Å². The van der Waals surface area contributed by atoms with E-state index in [1.54, 1.807) is 6.92 Å². The molecule has 0 aliphatic heterocycles. The number of hydrogen-bond donors (Lipinski definition) is 0. The Kier molecular flexibility index (Phi) is 4.73. The number of Topliss-reactive ketones (excluding diaryl/α,β-unsaturated/α-hetero) is 1. The van der Waals surface area contributed by atoms with Gasteiger partial charge in [-0.15, -0.1) is 0 Å². The lowest BCUT2D eigenvalue weighted by molar-refractivity contribution is -0.118. The van der Waals surface area contributed by atoms with Crippen LogP contribution in [0.2, 0.25) is 0 Å². The lowest BCUT2D eigenvalue weighted by Crippen LogP contribution is -2.23. The summed E-state index contributed by atoms with van der Waals surface area (Å²) >= 11 is 0. The molecule has 0 aromatic heterocycles. The number of rotatable bonds is 5. The molecule has 0 aliphatic carbocycles. The van der Waals surface area contributed by atoms with Crippen molar-refractivity contribution < 1.29 is 9.53 Å². The van der Waals surface area contributed by atoms with Gasteiger partial charge in [0.1, 0.15) is 11.5 Å². The fourth-order valence-electron chi connectivity index (χ4n) is 1.77. The van der Waals surface area contributed by atoms with Crippen molar-refractivity contribution in [1.82, 2.24) is 0 Å². The van der Waals surface area contributed by atoms with E-state index in [4.69, 9.17) is 4.74 Å². The van der Waals surface area contributed by atoms with E-state index < -0.39 is 0 Å². The van der Waals surface area contributed by atoms with Crippen molar-refractivity contribution in [3.05, 3.63) is 29.3 Å². The van der Waals surface area contributed by atoms with E-state index in [-0.39, 0.29) is 17.8 Å². The molecule has 0 heterocycles. The minimum atomic E-state index is 0.0550. The Bertz CT molecular complexity index is 396. The summed E-state index contributed by atoms with van der Waals surface area (Å²) in [7, 11) is 0. The van der Waals surface area contributed by atoms with E-state index in [9.17, 15) is 4.79 Å². The van der Waals surface area contributed by atoms with Crippen LogP contribution in [0.4, 0.5) is 0 Å². The van der Waals surface area contributed by atoms with Gasteiger partial charge in [0.25, 0.3) is 0 Å². The molecule has 0 fully saturated rings. The number of benzene rings is 1. The molecule has 2 heteroatoms. The highest BCUT2D eigenvalue weighted by atomic mass is 16.5. The first-order valence-corrected chi connectivity index (χ1v) is 6.13. The van der Waals surface area contributed by atoms with Crippen molar-refractivity contribution >= 4 is 5.78 Å². The predicted octanol–water partition coefficient (Wildman–Crippen LogP) is 3.69. The Morgan fingerprint density at radius 3 is 2.53 bits per heavy atom. The van der Waals surface area contributed by atoms with E-state index >= 15 is 0 Å². The SMILES string of the molecule is CC(=O)CC(C)C(C)Oc1cc(C)ccc1C. The maximum atomic E-state index is 11.1. The number of carbonyl (C=O) groups is 1. The van der Waals surface area contributed by atoms with Crippen LogP contribution in [-0.4, -0.2) is 11.9 Å². The molecule has 0 aliphatic rings. The second-order valence-corrected chi connectivity index (χ2v) is 4.98. The van der Waals surface area contributed by atoms with Crippen molar-refractivity contribution in [3.63, 3.8) is 0 Å². The summed E-state index contributed by atoms with van der Waals surface area (Å²) < 4.78 is 5.94. The van der Waals surface area contributed by atoms with Gasteiger partial charge in [-0.2, -0.15) is 0 Å². The van der Waals surface area contributed by atoms with Crippen molar-refractivity contribution in [3.8, 4) is 5.75 Å². The van der Waals surface area contributed by atoms with Crippen LogP contribution in [0.15, 0.2) is 18.2 Å². The van der Waals surface area contributed by atoms with E-state index in [0.717, 1.165) is 11.3 Å². The molecule has 17 heavy (non-hydrogen) atoms. The van der Waals surface area contributed by atoms with Gasteiger partial charge in [0, 0.05) is 6.42 Å². The van der Waals surface area contributed by atoms with Crippen LogP contribution >= 0.6 is 0 Å². The summed E-state index contributed by atoms with van der Waals surface area (Å²) in [5.74, 6) is 1.38. The molecule has 94 valence electrons. The third kappa shape index (κ3) is 4.22. The van der Waals surface area contributed by atoms with Crippen LogP contribution in [-0.2, 0) is 4.79 Å². The smallest absolute Gasteiger partial charge is 0.130 e. The van der Waals surface area contributed by atoms with Gasteiger partial charge in [-0.05, 0) is 50.8 Å². The van der Waals surface area contributed by atoms with Gasteiger partial charge >= 0.3 is 0 Å². The average Bonchev–Trinajstić information content (AvgIpc) is 2.22. The Hall–Kier alpha value is -1.31. The predicted molar refractivity (Wildman–Crippen MR) is 70.5 cm³/mol. The zero-order chi connectivity index (χ0) is 13.0. The highest BCUT2D eigenvalue weighted by Gasteiger charge is 2.16. The number of ether oxygens (including phenoxy) is 1. The van der Waals surface area contributed by atoms with Gasteiger partial charge in [-0.25, -0.2) is 0 Å². The highest BCUT2D eigenvalue weighted by Crippen LogP contribution is 2.23. The first-order chi connectivity index (χ1) is 7.90. The molecule has 0 bridgehead atoms. The second kappa shape index (κ2) is 5.85. The van der Waals surface area contributed by atoms with Crippen LogP contribution in [0.1, 0.15) is 38.3 Å².